The van der Waals surface area contributed by atoms with Gasteiger partial charge < -0.3 is 0 Å². The minimum absolute atomic E-state index is 0.850. The van der Waals surface area contributed by atoms with Crippen molar-refractivity contribution in [1.29, 1.82) is 0 Å². The molecule has 0 aliphatic rings. The summed E-state index contributed by atoms with van der Waals surface area (Å²) in [4.78, 5) is 2.36. The van der Waals surface area contributed by atoms with Crippen LogP contribution in [0.4, 0.5) is 0 Å². The summed E-state index contributed by atoms with van der Waals surface area (Å²) in [6.45, 7) is 6.71. The van der Waals surface area contributed by atoms with E-state index in [-0.39, 0.29) is 0 Å². The molecule has 0 atom stereocenters. The van der Waals surface area contributed by atoms with Gasteiger partial charge >= 0.3 is 0 Å². The number of nitrogens with zero attached hydrogens (tertiary/aromatic N) is 1. The monoisotopic (exact) mass is 213 g/mol. The molecule has 0 aliphatic heterocycles. The van der Waals surface area contributed by atoms with Crippen molar-refractivity contribution < 1.29 is 0 Å². The van der Waals surface area contributed by atoms with Gasteiger partial charge in [0.25, 0.3) is 0 Å². The summed E-state index contributed by atoms with van der Waals surface area (Å²) < 4.78 is 0. The second-order valence-electron chi connectivity index (χ2n) is 3.82. The number of benzene rings is 1. The van der Waals surface area contributed by atoms with Gasteiger partial charge in [-0.3, -0.25) is 4.90 Å². The maximum absolute atomic E-state index is 5.25. The van der Waals surface area contributed by atoms with Crippen molar-refractivity contribution in [2.24, 2.45) is 0 Å². The highest BCUT2D eigenvalue weighted by atomic mass is 15.1. The third kappa shape index (κ3) is 4.82. The normalized spacial score (nSPS) is 10.0. The molecule has 0 radical (unpaired) electrons. The average molecular weight is 213 g/mol. The summed E-state index contributed by atoms with van der Waals surface area (Å²) in [6, 6.07) is 10.5. The molecule has 1 heteroatoms. The van der Waals surface area contributed by atoms with E-state index in [4.69, 9.17) is 6.42 Å². The predicted octanol–water partition coefficient (Wildman–Crippen LogP) is 3.09. The van der Waals surface area contributed by atoms with Crippen LogP contribution in [0.15, 0.2) is 43.0 Å². The molecule has 0 aromatic heterocycles. The first kappa shape index (κ1) is 12.5. The number of hydrogen-bond acceptors (Lipinski definition) is 1. The SMILES string of the molecule is C#CCCCN(CC=C)Cc1ccccc1. The van der Waals surface area contributed by atoms with E-state index in [1.165, 1.54) is 5.56 Å². The van der Waals surface area contributed by atoms with Crippen molar-refractivity contribution in [3.8, 4) is 12.3 Å². The van der Waals surface area contributed by atoms with Crippen molar-refractivity contribution in [2.45, 2.75) is 19.4 Å². The molecule has 0 aliphatic carbocycles. The topological polar surface area (TPSA) is 3.24 Å². The largest absolute Gasteiger partial charge is 0.295 e. The van der Waals surface area contributed by atoms with Crippen molar-refractivity contribution in [1.82, 2.24) is 4.90 Å². The molecular formula is C15H19N. The van der Waals surface area contributed by atoms with Gasteiger partial charge in [0.1, 0.15) is 0 Å². The molecule has 1 aromatic rings. The van der Waals surface area contributed by atoms with Gasteiger partial charge in [-0.1, -0.05) is 36.4 Å². The van der Waals surface area contributed by atoms with Gasteiger partial charge in [-0.2, -0.15) is 0 Å². The Labute approximate surface area is 98.8 Å². The van der Waals surface area contributed by atoms with Gasteiger partial charge in [0, 0.05) is 19.5 Å². The first-order valence-corrected chi connectivity index (χ1v) is 5.67. The van der Waals surface area contributed by atoms with Crippen LogP contribution in [0.1, 0.15) is 18.4 Å². The van der Waals surface area contributed by atoms with Crippen LogP contribution in [-0.4, -0.2) is 18.0 Å². The van der Waals surface area contributed by atoms with Crippen molar-refractivity contribution in [2.75, 3.05) is 13.1 Å². The molecule has 1 nitrogen and oxygen atoms in total. The van der Waals surface area contributed by atoms with E-state index in [0.29, 0.717) is 0 Å². The lowest BCUT2D eigenvalue weighted by Gasteiger charge is -2.20. The Balaban J connectivity index is 2.44. The molecule has 0 saturated carbocycles. The lowest BCUT2D eigenvalue weighted by atomic mass is 10.2. The molecule has 0 fully saturated rings. The van der Waals surface area contributed by atoms with Crippen LogP contribution in [0.3, 0.4) is 0 Å². The Morgan fingerprint density at radius 2 is 2.06 bits per heavy atom. The molecule has 1 aromatic carbocycles. The number of unbranched alkanes of at least 4 members (excludes halogenated alkanes) is 1. The van der Waals surface area contributed by atoms with E-state index in [0.717, 1.165) is 32.5 Å². The minimum Gasteiger partial charge on any atom is -0.295 e. The number of terminal acetylenes is 1. The lowest BCUT2D eigenvalue weighted by Crippen LogP contribution is -2.24. The Kier molecular flexibility index (Phi) is 6.06. The van der Waals surface area contributed by atoms with E-state index in [9.17, 15) is 0 Å². The zero-order chi connectivity index (χ0) is 11.6. The third-order valence-electron chi connectivity index (χ3n) is 2.43. The van der Waals surface area contributed by atoms with Crippen molar-refractivity contribution in [3.63, 3.8) is 0 Å². The molecule has 84 valence electrons. The van der Waals surface area contributed by atoms with Crippen molar-refractivity contribution in [3.05, 3.63) is 48.6 Å². The summed E-state index contributed by atoms with van der Waals surface area (Å²) >= 11 is 0. The summed E-state index contributed by atoms with van der Waals surface area (Å²) in [5.41, 5.74) is 1.34. The van der Waals surface area contributed by atoms with Crippen LogP contribution in [0.2, 0.25) is 0 Å². The minimum atomic E-state index is 0.850. The second kappa shape index (κ2) is 7.73. The van der Waals surface area contributed by atoms with E-state index >= 15 is 0 Å². The van der Waals surface area contributed by atoms with Gasteiger partial charge in [0.05, 0.1) is 0 Å². The molecule has 0 unspecified atom stereocenters. The molecule has 0 N–H and O–H groups in total. The summed E-state index contributed by atoms with van der Waals surface area (Å²) in [5.74, 6) is 2.68. The first-order valence-electron chi connectivity index (χ1n) is 5.67. The highest BCUT2D eigenvalue weighted by Gasteiger charge is 2.02. The van der Waals surface area contributed by atoms with Gasteiger partial charge in [0.2, 0.25) is 0 Å². The Morgan fingerprint density at radius 3 is 2.69 bits per heavy atom. The number of hydrogen-bond donors (Lipinski definition) is 0. The highest BCUT2D eigenvalue weighted by molar-refractivity contribution is 5.14. The lowest BCUT2D eigenvalue weighted by molar-refractivity contribution is 0.292. The van der Waals surface area contributed by atoms with Crippen molar-refractivity contribution >= 4 is 0 Å². The highest BCUT2D eigenvalue weighted by Crippen LogP contribution is 2.05. The van der Waals surface area contributed by atoms with E-state index in [1.807, 2.05) is 12.1 Å². The molecule has 0 heterocycles. The second-order valence-corrected chi connectivity index (χ2v) is 3.82. The van der Waals surface area contributed by atoms with Gasteiger partial charge in [-0.15, -0.1) is 18.9 Å². The van der Waals surface area contributed by atoms with Crippen LogP contribution < -0.4 is 0 Å². The van der Waals surface area contributed by atoms with Gasteiger partial charge in [0.15, 0.2) is 0 Å². The summed E-state index contributed by atoms with van der Waals surface area (Å²) in [6.07, 6.45) is 9.10. The maximum Gasteiger partial charge on any atom is 0.0237 e. The molecular weight excluding hydrogens is 194 g/mol. The predicted molar refractivity (Wildman–Crippen MR) is 70.0 cm³/mol. The Morgan fingerprint density at radius 1 is 1.31 bits per heavy atom. The molecule has 0 spiro atoms. The van der Waals surface area contributed by atoms with Gasteiger partial charge in [-0.25, -0.2) is 0 Å². The van der Waals surface area contributed by atoms with Crippen LogP contribution in [0, 0.1) is 12.3 Å². The fourth-order valence-electron chi connectivity index (χ4n) is 1.66. The third-order valence-corrected chi connectivity index (χ3v) is 2.43. The Bertz CT molecular complexity index is 334. The standard InChI is InChI=1S/C15H19N/c1-3-5-9-13-16(12-4-2)14-15-10-7-6-8-11-15/h1,4,6-8,10-11H,2,5,9,12-14H2. The smallest absolute Gasteiger partial charge is 0.0237 e. The van der Waals surface area contributed by atoms with Crippen LogP contribution in [0.5, 0.6) is 0 Å². The Hall–Kier alpha value is -1.52. The van der Waals surface area contributed by atoms with Crippen LogP contribution in [0.25, 0.3) is 0 Å². The number of rotatable bonds is 7. The quantitative estimate of drug-likeness (QED) is 0.382. The fraction of sp³-hybridized carbons (Fsp3) is 0.333. The zero-order valence-electron chi connectivity index (χ0n) is 9.73. The molecule has 0 saturated heterocycles. The average Bonchev–Trinajstić information content (AvgIpc) is 2.31. The fourth-order valence-corrected chi connectivity index (χ4v) is 1.66. The summed E-state index contributed by atoms with van der Waals surface area (Å²) in [7, 11) is 0. The summed E-state index contributed by atoms with van der Waals surface area (Å²) in [5, 5.41) is 0. The molecule has 16 heavy (non-hydrogen) atoms. The van der Waals surface area contributed by atoms with E-state index < -0.39 is 0 Å². The van der Waals surface area contributed by atoms with Crippen LogP contribution >= 0.6 is 0 Å². The molecule has 0 amide bonds. The van der Waals surface area contributed by atoms with E-state index in [1.54, 1.807) is 0 Å². The van der Waals surface area contributed by atoms with Crippen LogP contribution in [-0.2, 0) is 6.54 Å². The molecule has 1 rings (SSSR count). The van der Waals surface area contributed by atoms with Gasteiger partial charge in [-0.05, 0) is 18.5 Å². The van der Waals surface area contributed by atoms with E-state index in [2.05, 4.69) is 41.7 Å². The first-order chi connectivity index (χ1) is 7.86. The maximum atomic E-state index is 5.25. The zero-order valence-corrected chi connectivity index (χ0v) is 9.73. The molecule has 0 bridgehead atoms.